The molecule has 0 bridgehead atoms. The lowest BCUT2D eigenvalue weighted by molar-refractivity contribution is -0.686. The Bertz CT molecular complexity index is 1180. The molecule has 1 aliphatic rings. The van der Waals surface area contributed by atoms with E-state index >= 15 is 0 Å². The summed E-state index contributed by atoms with van der Waals surface area (Å²) in [6.45, 7) is 0.794. The molecule has 0 saturated heterocycles. The predicted molar refractivity (Wildman–Crippen MR) is 100 cm³/mol. The Morgan fingerprint density at radius 1 is 1.03 bits per heavy atom. The van der Waals surface area contributed by atoms with Gasteiger partial charge in [0.1, 0.15) is 0 Å². The summed E-state index contributed by atoms with van der Waals surface area (Å²) in [6.07, 6.45) is 2.84. The van der Waals surface area contributed by atoms with E-state index in [2.05, 4.69) is 16.8 Å². The summed E-state index contributed by atoms with van der Waals surface area (Å²) in [6, 6.07) is 9.23. The maximum Gasteiger partial charge on any atom is 0.213 e. The number of nitrogens with zero attached hydrogens (tertiary/aromatic N) is 1. The summed E-state index contributed by atoms with van der Waals surface area (Å²) in [7, 11) is -1.90. The number of hydrogen-bond acceptors (Lipinski definition) is 8. The molecule has 0 radical (unpaired) electrons. The van der Waals surface area contributed by atoms with Crippen LogP contribution in [0.15, 0.2) is 36.5 Å². The number of aryl methyl sites for hydroxylation is 2. The molecule has 9 nitrogen and oxygen atoms in total. The number of rotatable bonds is 2. The molecule has 29 heavy (non-hydrogen) atoms. The van der Waals surface area contributed by atoms with Crippen molar-refractivity contribution in [3.8, 4) is 34.3 Å². The fourth-order valence-corrected chi connectivity index (χ4v) is 3.40. The molecule has 1 aliphatic heterocycles. The highest BCUT2D eigenvalue weighted by Gasteiger charge is 2.26. The molecule has 2 aromatic carbocycles. The molecule has 4 rings (SSSR count). The molecule has 0 spiro atoms. The van der Waals surface area contributed by atoms with Crippen LogP contribution >= 0.6 is 0 Å². The Kier molecular flexibility index (Phi) is 5.51. The van der Waals surface area contributed by atoms with Crippen molar-refractivity contribution in [3.05, 3.63) is 42.1 Å². The molecule has 154 valence electrons. The summed E-state index contributed by atoms with van der Waals surface area (Å²) >= 11 is 0. The van der Waals surface area contributed by atoms with Crippen molar-refractivity contribution in [2.45, 2.75) is 13.0 Å². The second-order valence-corrected chi connectivity index (χ2v) is 7.13. The standard InChI is InChI=1S/C19H17NO4.H2O4S/c1-23-18-4-3-11-7-15-13-9-17(22)16(21)8-12(13)5-6-20(15)10-14(11)19(18)24-2;1-5(2,3)4/h3-4,7-10,22H,5-6H2,1-2H3;(H2,1,2,3,4)/p-1. The van der Waals surface area contributed by atoms with Gasteiger partial charge in [-0.15, -0.1) is 0 Å². The van der Waals surface area contributed by atoms with E-state index in [1.54, 1.807) is 26.4 Å². The average Bonchev–Trinajstić information content (AvgIpc) is 2.65. The molecular formula is C19H18NO8S-. The third kappa shape index (κ3) is 4.34. The minimum absolute atomic E-state index is 0.0746. The highest BCUT2D eigenvalue weighted by Crippen LogP contribution is 2.39. The second kappa shape index (κ2) is 7.74. The van der Waals surface area contributed by atoms with E-state index in [4.69, 9.17) is 27.0 Å². The van der Waals surface area contributed by atoms with E-state index in [9.17, 15) is 10.2 Å². The van der Waals surface area contributed by atoms with Gasteiger partial charge in [0.05, 0.1) is 25.2 Å². The van der Waals surface area contributed by atoms with Crippen LogP contribution in [0, 0.1) is 0 Å². The number of aromatic nitrogens is 1. The number of hydrogen-bond donors (Lipinski definition) is 2. The van der Waals surface area contributed by atoms with Gasteiger partial charge in [-0.3, -0.25) is 8.42 Å². The van der Waals surface area contributed by atoms with Crippen LogP contribution in [-0.2, 0) is 23.4 Å². The third-order valence-corrected chi connectivity index (χ3v) is 4.60. The molecule has 3 aromatic rings. The third-order valence-electron chi connectivity index (χ3n) is 4.60. The number of benzene rings is 2. The first-order chi connectivity index (χ1) is 13.6. The van der Waals surface area contributed by atoms with E-state index < -0.39 is 10.4 Å². The van der Waals surface area contributed by atoms with Crippen LogP contribution in [0.4, 0.5) is 0 Å². The van der Waals surface area contributed by atoms with Crippen LogP contribution in [0.25, 0.3) is 22.0 Å². The largest absolute Gasteiger partial charge is 0.759 e. The van der Waals surface area contributed by atoms with E-state index in [0.29, 0.717) is 11.5 Å². The predicted octanol–water partition coefficient (Wildman–Crippen LogP) is 1.44. The second-order valence-electron chi connectivity index (χ2n) is 6.31. The minimum Gasteiger partial charge on any atom is -0.759 e. The highest BCUT2D eigenvalue weighted by molar-refractivity contribution is 7.79. The maximum absolute atomic E-state index is 9.87. The van der Waals surface area contributed by atoms with Crippen molar-refractivity contribution in [1.82, 2.24) is 0 Å². The lowest BCUT2D eigenvalue weighted by Gasteiger charge is -2.17. The summed E-state index contributed by atoms with van der Waals surface area (Å²) in [4.78, 5) is 0. The zero-order chi connectivity index (χ0) is 21.3. The topological polar surface area (TPSA) is 143 Å². The van der Waals surface area contributed by atoms with Crippen LogP contribution in [0.5, 0.6) is 23.0 Å². The van der Waals surface area contributed by atoms with Crippen LogP contribution in [0.2, 0.25) is 0 Å². The molecule has 2 N–H and O–H groups in total. The van der Waals surface area contributed by atoms with E-state index in [0.717, 1.165) is 40.6 Å². The van der Waals surface area contributed by atoms with E-state index in [1.165, 1.54) is 0 Å². The quantitative estimate of drug-likeness (QED) is 0.274. The summed E-state index contributed by atoms with van der Waals surface area (Å²) < 4.78 is 47.1. The van der Waals surface area contributed by atoms with E-state index in [1.807, 2.05) is 12.1 Å². The van der Waals surface area contributed by atoms with Gasteiger partial charge in [-0.1, -0.05) is 0 Å². The number of methoxy groups -OCH3 is 2. The van der Waals surface area contributed by atoms with Crippen molar-refractivity contribution in [1.29, 1.82) is 0 Å². The van der Waals surface area contributed by atoms with Crippen molar-refractivity contribution in [2.24, 2.45) is 0 Å². The summed E-state index contributed by atoms with van der Waals surface area (Å²) in [5.41, 5.74) is 2.98. The smallest absolute Gasteiger partial charge is 0.213 e. The molecule has 1 aromatic heterocycles. The molecule has 0 unspecified atom stereocenters. The molecule has 0 saturated carbocycles. The zero-order valence-corrected chi connectivity index (χ0v) is 16.4. The Morgan fingerprint density at radius 2 is 1.69 bits per heavy atom. The monoisotopic (exact) mass is 420 g/mol. The zero-order valence-electron chi connectivity index (χ0n) is 15.6. The first kappa shape index (κ1) is 20.6. The van der Waals surface area contributed by atoms with Gasteiger partial charge in [0.25, 0.3) is 0 Å². The molecule has 0 amide bonds. The van der Waals surface area contributed by atoms with Gasteiger partial charge >= 0.3 is 0 Å². The summed E-state index contributed by atoms with van der Waals surface area (Å²) in [5, 5.41) is 21.6. The molecule has 0 atom stereocenters. The molecular weight excluding hydrogens is 402 g/mol. The molecule has 2 heterocycles. The van der Waals surface area contributed by atoms with Gasteiger partial charge < -0.3 is 28.8 Å². The number of phenols is 2. The number of fused-ring (bicyclic) bond motifs is 4. The van der Waals surface area contributed by atoms with Gasteiger partial charge in [0.2, 0.25) is 5.69 Å². The number of pyridine rings is 1. The number of phenolic OH excluding ortho intramolecular Hbond substituents is 2. The lowest BCUT2D eigenvalue weighted by atomic mass is 9.95. The van der Waals surface area contributed by atoms with Gasteiger partial charge in [-0.05, 0) is 35.2 Å². The molecule has 0 aliphatic carbocycles. The van der Waals surface area contributed by atoms with Crippen molar-refractivity contribution in [2.75, 3.05) is 14.2 Å². The fraction of sp³-hybridized carbons (Fsp3) is 0.211. The highest BCUT2D eigenvalue weighted by atomic mass is 32.3. The fourth-order valence-electron chi connectivity index (χ4n) is 3.40. The first-order valence-electron chi connectivity index (χ1n) is 8.42. The van der Waals surface area contributed by atoms with Crippen molar-refractivity contribution < 1.29 is 41.8 Å². The molecule has 10 heteroatoms. The van der Waals surface area contributed by atoms with Gasteiger partial charge in [-0.2, -0.15) is 4.57 Å². The Hall–Kier alpha value is -3.08. The van der Waals surface area contributed by atoms with Gasteiger partial charge in [-0.25, -0.2) is 0 Å². The van der Waals surface area contributed by atoms with Crippen molar-refractivity contribution >= 4 is 21.2 Å². The number of aromatic hydroxyl groups is 2. The van der Waals surface area contributed by atoms with Gasteiger partial charge in [0.15, 0.2) is 35.7 Å². The average molecular weight is 420 g/mol. The Balaban J connectivity index is 0.000000431. The van der Waals surface area contributed by atoms with Crippen LogP contribution < -0.4 is 14.0 Å². The van der Waals surface area contributed by atoms with E-state index in [-0.39, 0.29) is 11.5 Å². The Morgan fingerprint density at radius 3 is 2.31 bits per heavy atom. The lowest BCUT2D eigenvalue weighted by Crippen LogP contribution is -2.40. The SMILES string of the molecule is COc1ccc2cc3[n+](cc2c1OC)CCc1cc(O)c(O)cc1-3.O=S(=O)([O-])[O-]. The first-order valence-corrected chi connectivity index (χ1v) is 9.75. The summed E-state index contributed by atoms with van der Waals surface area (Å²) in [5.74, 6) is 1.23. The number of ether oxygens (including phenoxy) is 2. The van der Waals surface area contributed by atoms with Crippen LogP contribution in [-0.4, -0.2) is 42.0 Å². The minimum atomic E-state index is -5.17. The van der Waals surface area contributed by atoms with Crippen LogP contribution in [0.1, 0.15) is 5.56 Å². The maximum atomic E-state index is 9.87. The Labute approximate surface area is 167 Å². The van der Waals surface area contributed by atoms with Gasteiger partial charge in [0, 0.05) is 22.9 Å². The van der Waals surface area contributed by atoms with Crippen LogP contribution in [0.3, 0.4) is 0 Å². The van der Waals surface area contributed by atoms with Crippen molar-refractivity contribution in [3.63, 3.8) is 0 Å². The molecule has 0 fully saturated rings. The normalized spacial score (nSPS) is 12.4.